The standard InChI is InChI=1S/C19H30N4O2S/c1-24-18-5-2-4-17(16-18)22-8-10-23(11-9-22)19(26)20-6-3-7-21-12-14-25-15-13-21/h2,4-5,16H,3,6-15H2,1H3,(H,20,26). The van der Waals surface area contributed by atoms with Gasteiger partial charge in [-0.3, -0.25) is 4.90 Å². The first-order valence-electron chi connectivity index (χ1n) is 9.48. The Labute approximate surface area is 162 Å². The molecule has 0 aliphatic carbocycles. The number of piperazine rings is 1. The van der Waals surface area contributed by atoms with Crippen LogP contribution in [0.4, 0.5) is 5.69 Å². The molecule has 0 atom stereocenters. The van der Waals surface area contributed by atoms with Gasteiger partial charge in [0.15, 0.2) is 5.11 Å². The van der Waals surface area contributed by atoms with E-state index in [2.05, 4.69) is 32.1 Å². The van der Waals surface area contributed by atoms with Crippen LogP contribution < -0.4 is 15.0 Å². The van der Waals surface area contributed by atoms with E-state index in [4.69, 9.17) is 21.7 Å². The van der Waals surface area contributed by atoms with Crippen molar-refractivity contribution in [3.05, 3.63) is 24.3 Å². The van der Waals surface area contributed by atoms with Crippen LogP contribution in [0.3, 0.4) is 0 Å². The van der Waals surface area contributed by atoms with Crippen molar-refractivity contribution in [2.24, 2.45) is 0 Å². The monoisotopic (exact) mass is 378 g/mol. The van der Waals surface area contributed by atoms with E-state index in [-0.39, 0.29) is 0 Å². The van der Waals surface area contributed by atoms with Gasteiger partial charge in [0.05, 0.1) is 20.3 Å². The summed E-state index contributed by atoms with van der Waals surface area (Å²) in [4.78, 5) is 7.13. The van der Waals surface area contributed by atoms with E-state index < -0.39 is 0 Å². The first-order chi connectivity index (χ1) is 12.8. The summed E-state index contributed by atoms with van der Waals surface area (Å²) < 4.78 is 10.7. The lowest BCUT2D eigenvalue weighted by Crippen LogP contribution is -2.52. The summed E-state index contributed by atoms with van der Waals surface area (Å²) >= 11 is 5.58. The molecule has 1 aromatic rings. The molecule has 2 aliphatic heterocycles. The first kappa shape index (κ1) is 19.2. The summed E-state index contributed by atoms with van der Waals surface area (Å²) in [6, 6.07) is 8.26. The van der Waals surface area contributed by atoms with Crippen molar-refractivity contribution in [3.8, 4) is 5.75 Å². The summed E-state index contributed by atoms with van der Waals surface area (Å²) in [5, 5.41) is 4.31. The number of morpholine rings is 1. The highest BCUT2D eigenvalue weighted by Crippen LogP contribution is 2.22. The smallest absolute Gasteiger partial charge is 0.169 e. The van der Waals surface area contributed by atoms with Crippen molar-refractivity contribution >= 4 is 23.0 Å². The molecule has 2 saturated heterocycles. The minimum Gasteiger partial charge on any atom is -0.497 e. The van der Waals surface area contributed by atoms with Crippen LogP contribution in [0.25, 0.3) is 0 Å². The second-order valence-corrected chi connectivity index (χ2v) is 7.10. The maximum absolute atomic E-state index is 5.58. The first-order valence-corrected chi connectivity index (χ1v) is 9.89. The molecule has 144 valence electrons. The zero-order valence-electron chi connectivity index (χ0n) is 15.7. The number of benzene rings is 1. The van der Waals surface area contributed by atoms with Gasteiger partial charge in [0.2, 0.25) is 0 Å². The van der Waals surface area contributed by atoms with Gasteiger partial charge in [-0.2, -0.15) is 0 Å². The van der Waals surface area contributed by atoms with Crippen LogP contribution in [0, 0.1) is 0 Å². The van der Waals surface area contributed by atoms with E-state index in [1.54, 1.807) is 7.11 Å². The van der Waals surface area contributed by atoms with E-state index in [0.29, 0.717) is 0 Å². The van der Waals surface area contributed by atoms with Crippen molar-refractivity contribution < 1.29 is 9.47 Å². The van der Waals surface area contributed by atoms with E-state index in [1.807, 2.05) is 12.1 Å². The third kappa shape index (κ3) is 5.46. The number of nitrogens with zero attached hydrogens (tertiary/aromatic N) is 3. The maximum Gasteiger partial charge on any atom is 0.169 e. The number of hydrogen-bond acceptors (Lipinski definition) is 5. The van der Waals surface area contributed by atoms with Gasteiger partial charge in [0, 0.05) is 57.6 Å². The van der Waals surface area contributed by atoms with Crippen molar-refractivity contribution in [2.75, 3.05) is 77.6 Å². The Morgan fingerprint density at radius 3 is 2.65 bits per heavy atom. The predicted molar refractivity (Wildman–Crippen MR) is 109 cm³/mol. The minimum atomic E-state index is 0.864. The molecule has 6 nitrogen and oxygen atoms in total. The molecular weight excluding hydrogens is 348 g/mol. The van der Waals surface area contributed by atoms with Gasteiger partial charge in [-0.05, 0) is 37.3 Å². The molecule has 1 aromatic carbocycles. The van der Waals surface area contributed by atoms with Crippen LogP contribution in [0.1, 0.15) is 6.42 Å². The zero-order chi connectivity index (χ0) is 18.2. The second kappa shape index (κ2) is 9.94. The quantitative estimate of drug-likeness (QED) is 0.593. The van der Waals surface area contributed by atoms with E-state index >= 15 is 0 Å². The Morgan fingerprint density at radius 2 is 1.92 bits per heavy atom. The highest BCUT2D eigenvalue weighted by atomic mass is 32.1. The number of ether oxygens (including phenoxy) is 2. The SMILES string of the molecule is COc1cccc(N2CCN(C(=S)NCCCN3CCOCC3)CC2)c1. The van der Waals surface area contributed by atoms with E-state index in [0.717, 1.165) is 82.9 Å². The van der Waals surface area contributed by atoms with Gasteiger partial charge in [-0.25, -0.2) is 0 Å². The van der Waals surface area contributed by atoms with Crippen LogP contribution in [0.5, 0.6) is 5.75 Å². The molecule has 0 saturated carbocycles. The molecule has 2 fully saturated rings. The van der Waals surface area contributed by atoms with Gasteiger partial charge >= 0.3 is 0 Å². The third-order valence-electron chi connectivity index (χ3n) is 5.02. The van der Waals surface area contributed by atoms with Crippen molar-refractivity contribution in [2.45, 2.75) is 6.42 Å². The second-order valence-electron chi connectivity index (χ2n) is 6.72. The number of methoxy groups -OCH3 is 1. The third-order valence-corrected chi connectivity index (χ3v) is 5.42. The number of nitrogens with one attached hydrogen (secondary N) is 1. The number of thiocarbonyl (C=S) groups is 1. The molecule has 0 radical (unpaired) electrons. The minimum absolute atomic E-state index is 0.864. The molecule has 0 bridgehead atoms. The summed E-state index contributed by atoms with van der Waals surface area (Å²) in [5.41, 5.74) is 1.22. The highest BCUT2D eigenvalue weighted by Gasteiger charge is 2.19. The molecule has 26 heavy (non-hydrogen) atoms. The summed E-state index contributed by atoms with van der Waals surface area (Å²) in [5.74, 6) is 0.905. The lowest BCUT2D eigenvalue weighted by Gasteiger charge is -2.37. The molecule has 0 unspecified atom stereocenters. The Hall–Kier alpha value is -1.57. The number of rotatable bonds is 6. The molecule has 0 spiro atoms. The van der Waals surface area contributed by atoms with Crippen molar-refractivity contribution in [1.82, 2.24) is 15.1 Å². The largest absolute Gasteiger partial charge is 0.497 e. The Morgan fingerprint density at radius 1 is 1.15 bits per heavy atom. The van der Waals surface area contributed by atoms with Crippen LogP contribution in [-0.2, 0) is 4.74 Å². The van der Waals surface area contributed by atoms with E-state index in [1.165, 1.54) is 5.69 Å². The van der Waals surface area contributed by atoms with Crippen LogP contribution in [0.2, 0.25) is 0 Å². The lowest BCUT2D eigenvalue weighted by atomic mass is 10.2. The topological polar surface area (TPSA) is 40.2 Å². The zero-order valence-corrected chi connectivity index (χ0v) is 16.5. The van der Waals surface area contributed by atoms with Crippen LogP contribution >= 0.6 is 12.2 Å². The molecule has 7 heteroatoms. The van der Waals surface area contributed by atoms with Crippen LogP contribution in [-0.4, -0.2) is 87.6 Å². The summed E-state index contributed by atoms with van der Waals surface area (Å²) in [6.07, 6.45) is 1.11. The number of hydrogen-bond donors (Lipinski definition) is 1. The van der Waals surface area contributed by atoms with Gasteiger partial charge < -0.3 is 24.6 Å². The molecule has 2 heterocycles. The Balaban J connectivity index is 1.35. The molecule has 0 aromatic heterocycles. The maximum atomic E-state index is 5.58. The van der Waals surface area contributed by atoms with Gasteiger partial charge in [-0.1, -0.05) is 6.07 Å². The van der Waals surface area contributed by atoms with E-state index in [9.17, 15) is 0 Å². The average Bonchev–Trinajstić information content (AvgIpc) is 2.72. The van der Waals surface area contributed by atoms with Crippen molar-refractivity contribution in [1.29, 1.82) is 0 Å². The molecule has 3 rings (SSSR count). The fraction of sp³-hybridized carbons (Fsp3) is 0.632. The molecule has 2 aliphatic rings. The van der Waals surface area contributed by atoms with Crippen LogP contribution in [0.15, 0.2) is 24.3 Å². The van der Waals surface area contributed by atoms with Gasteiger partial charge in [-0.15, -0.1) is 0 Å². The summed E-state index contributed by atoms with van der Waals surface area (Å²) in [7, 11) is 1.71. The van der Waals surface area contributed by atoms with Gasteiger partial charge in [0.1, 0.15) is 5.75 Å². The van der Waals surface area contributed by atoms with Gasteiger partial charge in [0.25, 0.3) is 0 Å². The predicted octanol–water partition coefficient (Wildman–Crippen LogP) is 1.41. The Bertz CT molecular complexity index is 572. The fourth-order valence-electron chi connectivity index (χ4n) is 3.41. The lowest BCUT2D eigenvalue weighted by molar-refractivity contribution is 0.0376. The molecule has 0 amide bonds. The van der Waals surface area contributed by atoms with Crippen molar-refractivity contribution in [3.63, 3.8) is 0 Å². The molecule has 1 N–H and O–H groups in total. The Kier molecular flexibility index (Phi) is 7.34. The number of anilines is 1. The fourth-order valence-corrected chi connectivity index (χ4v) is 3.69. The molecular formula is C19H30N4O2S. The summed E-state index contributed by atoms with van der Waals surface area (Å²) in [6.45, 7) is 9.74. The normalized spacial score (nSPS) is 18.7. The highest BCUT2D eigenvalue weighted by molar-refractivity contribution is 7.80. The average molecular weight is 379 g/mol.